The molecule has 0 aromatic heterocycles. The van der Waals surface area contributed by atoms with Gasteiger partial charge in [0.25, 0.3) is 0 Å². The van der Waals surface area contributed by atoms with E-state index in [-0.39, 0.29) is 0 Å². The molecule has 0 bridgehead atoms. The summed E-state index contributed by atoms with van der Waals surface area (Å²) < 4.78 is 5.29. The Hall–Kier alpha value is -0.650. The lowest BCUT2D eigenvalue weighted by Crippen LogP contribution is -2.64. The first-order valence-electron chi connectivity index (χ1n) is 5.90. The number of morpholine rings is 1. The lowest BCUT2D eigenvalue weighted by molar-refractivity contribution is -0.159. The van der Waals surface area contributed by atoms with Crippen molar-refractivity contribution in [1.29, 1.82) is 0 Å². The molecular formula is C11H20N2O3. The van der Waals surface area contributed by atoms with Crippen LogP contribution >= 0.6 is 0 Å². The maximum absolute atomic E-state index is 11.6. The maximum atomic E-state index is 11.6. The maximum Gasteiger partial charge on any atom is 0.325 e. The number of piperidine rings is 1. The Morgan fingerprint density at radius 1 is 1.31 bits per heavy atom. The fourth-order valence-corrected chi connectivity index (χ4v) is 2.81. The van der Waals surface area contributed by atoms with E-state index in [0.717, 1.165) is 32.5 Å². The van der Waals surface area contributed by atoms with Gasteiger partial charge in [0.05, 0.1) is 13.2 Å². The van der Waals surface area contributed by atoms with E-state index in [9.17, 15) is 9.90 Å². The van der Waals surface area contributed by atoms with Crippen LogP contribution in [0.15, 0.2) is 0 Å². The minimum Gasteiger partial charge on any atom is -0.480 e. The van der Waals surface area contributed by atoms with Crippen molar-refractivity contribution in [2.24, 2.45) is 0 Å². The van der Waals surface area contributed by atoms with Gasteiger partial charge in [-0.15, -0.1) is 0 Å². The van der Waals surface area contributed by atoms with Gasteiger partial charge in [-0.25, -0.2) is 0 Å². The fraction of sp³-hybridized carbons (Fsp3) is 0.909. The van der Waals surface area contributed by atoms with E-state index in [0.29, 0.717) is 19.8 Å². The normalized spacial score (nSPS) is 33.8. The molecule has 2 heterocycles. The van der Waals surface area contributed by atoms with Gasteiger partial charge >= 0.3 is 5.97 Å². The zero-order valence-corrected chi connectivity index (χ0v) is 9.81. The number of carboxylic acids is 1. The van der Waals surface area contributed by atoms with Crippen LogP contribution < -0.4 is 0 Å². The highest BCUT2D eigenvalue weighted by atomic mass is 16.5. The molecule has 1 atom stereocenters. The summed E-state index contributed by atoms with van der Waals surface area (Å²) in [6, 6.07) is 0. The molecule has 0 amide bonds. The number of carbonyl (C=O) groups is 1. The van der Waals surface area contributed by atoms with Crippen LogP contribution in [0.1, 0.15) is 12.8 Å². The summed E-state index contributed by atoms with van der Waals surface area (Å²) in [6.45, 7) is 4.40. The third-order valence-corrected chi connectivity index (χ3v) is 3.68. The molecule has 0 aromatic rings. The number of nitrogens with zero attached hydrogens (tertiary/aromatic N) is 2. The Morgan fingerprint density at radius 2 is 2.00 bits per heavy atom. The topological polar surface area (TPSA) is 53.0 Å². The molecule has 5 heteroatoms. The predicted molar refractivity (Wildman–Crippen MR) is 59.5 cm³/mol. The summed E-state index contributed by atoms with van der Waals surface area (Å²) in [7, 11) is 2.00. The standard InChI is InChI=1S/C11H20N2O3/c1-12-4-2-3-11(9-12,10(14)15)13-5-7-16-8-6-13/h2-9H2,1H3,(H,14,15). The molecule has 0 aliphatic carbocycles. The van der Waals surface area contributed by atoms with Crippen LogP contribution in [-0.2, 0) is 9.53 Å². The SMILES string of the molecule is CN1CCCC(C(=O)O)(N2CCOCC2)C1. The van der Waals surface area contributed by atoms with Crippen LogP contribution in [0.3, 0.4) is 0 Å². The smallest absolute Gasteiger partial charge is 0.325 e. The predicted octanol–water partition coefficient (Wildman–Crippen LogP) is -0.132. The second-order valence-electron chi connectivity index (χ2n) is 4.78. The first-order valence-corrected chi connectivity index (χ1v) is 5.90. The van der Waals surface area contributed by atoms with E-state index >= 15 is 0 Å². The molecule has 2 aliphatic rings. The molecule has 0 aromatic carbocycles. The largest absolute Gasteiger partial charge is 0.480 e. The molecule has 5 nitrogen and oxygen atoms in total. The average Bonchev–Trinajstić information content (AvgIpc) is 2.30. The van der Waals surface area contributed by atoms with Gasteiger partial charge < -0.3 is 14.7 Å². The number of likely N-dealkylation sites (tertiary alicyclic amines) is 1. The first kappa shape index (κ1) is 11.8. The summed E-state index contributed by atoms with van der Waals surface area (Å²) in [5.74, 6) is -0.680. The number of hydrogen-bond donors (Lipinski definition) is 1. The van der Waals surface area contributed by atoms with Gasteiger partial charge in [0.15, 0.2) is 0 Å². The number of hydrogen-bond acceptors (Lipinski definition) is 4. The molecule has 1 N–H and O–H groups in total. The van der Waals surface area contributed by atoms with Gasteiger partial charge in [0.2, 0.25) is 0 Å². The Bertz CT molecular complexity index is 266. The Morgan fingerprint density at radius 3 is 2.56 bits per heavy atom. The van der Waals surface area contributed by atoms with E-state index in [1.165, 1.54) is 0 Å². The summed E-state index contributed by atoms with van der Waals surface area (Å²) in [4.78, 5) is 15.8. The van der Waals surface area contributed by atoms with Crippen molar-refractivity contribution in [3.63, 3.8) is 0 Å². The van der Waals surface area contributed by atoms with Gasteiger partial charge in [0.1, 0.15) is 5.54 Å². The van der Waals surface area contributed by atoms with Crippen LogP contribution in [0.25, 0.3) is 0 Å². The summed E-state index contributed by atoms with van der Waals surface area (Å²) in [6.07, 6.45) is 1.72. The minimum atomic E-state index is -0.684. The van der Waals surface area contributed by atoms with Crippen LogP contribution in [-0.4, -0.2) is 72.9 Å². The van der Waals surface area contributed by atoms with Crippen LogP contribution in [0.2, 0.25) is 0 Å². The molecule has 2 saturated heterocycles. The highest BCUT2D eigenvalue weighted by Crippen LogP contribution is 2.28. The van der Waals surface area contributed by atoms with Crippen molar-refractivity contribution in [3.8, 4) is 0 Å². The molecular weight excluding hydrogens is 208 g/mol. The van der Waals surface area contributed by atoms with Gasteiger partial charge in [-0.1, -0.05) is 0 Å². The van der Waals surface area contributed by atoms with E-state index < -0.39 is 11.5 Å². The van der Waals surface area contributed by atoms with Crippen LogP contribution in [0.4, 0.5) is 0 Å². The van der Waals surface area contributed by atoms with Crippen LogP contribution in [0.5, 0.6) is 0 Å². The molecule has 16 heavy (non-hydrogen) atoms. The second-order valence-corrected chi connectivity index (χ2v) is 4.78. The van der Waals surface area contributed by atoms with E-state index in [2.05, 4.69) is 9.80 Å². The van der Waals surface area contributed by atoms with Crippen molar-refractivity contribution >= 4 is 5.97 Å². The highest BCUT2D eigenvalue weighted by Gasteiger charge is 2.46. The molecule has 92 valence electrons. The van der Waals surface area contributed by atoms with Gasteiger partial charge in [-0.2, -0.15) is 0 Å². The van der Waals surface area contributed by atoms with Gasteiger partial charge in [-0.05, 0) is 26.4 Å². The number of ether oxygens (including phenoxy) is 1. The van der Waals surface area contributed by atoms with Crippen molar-refractivity contribution < 1.29 is 14.6 Å². The lowest BCUT2D eigenvalue weighted by atomic mass is 9.87. The Balaban J connectivity index is 2.16. The summed E-state index contributed by atoms with van der Waals surface area (Å²) in [5, 5.41) is 9.55. The number of rotatable bonds is 2. The monoisotopic (exact) mass is 228 g/mol. The second kappa shape index (κ2) is 4.69. The third-order valence-electron chi connectivity index (χ3n) is 3.68. The molecule has 2 fully saturated rings. The molecule has 0 spiro atoms. The average molecular weight is 228 g/mol. The molecule has 0 radical (unpaired) electrons. The van der Waals surface area contributed by atoms with Gasteiger partial charge in [-0.3, -0.25) is 9.69 Å². The Labute approximate surface area is 96.0 Å². The summed E-state index contributed by atoms with van der Waals surface area (Å²) >= 11 is 0. The van der Waals surface area contributed by atoms with Crippen LogP contribution in [0, 0.1) is 0 Å². The van der Waals surface area contributed by atoms with Crippen molar-refractivity contribution in [1.82, 2.24) is 9.80 Å². The van der Waals surface area contributed by atoms with Crippen molar-refractivity contribution in [2.75, 3.05) is 46.4 Å². The zero-order valence-electron chi connectivity index (χ0n) is 9.81. The molecule has 1 unspecified atom stereocenters. The van der Waals surface area contributed by atoms with Crippen molar-refractivity contribution in [3.05, 3.63) is 0 Å². The molecule has 2 rings (SSSR count). The van der Waals surface area contributed by atoms with E-state index in [1.807, 2.05) is 7.05 Å². The first-order chi connectivity index (χ1) is 7.65. The molecule has 0 saturated carbocycles. The number of likely N-dealkylation sites (N-methyl/N-ethyl adjacent to an activating group) is 1. The fourth-order valence-electron chi connectivity index (χ4n) is 2.81. The van der Waals surface area contributed by atoms with Crippen molar-refractivity contribution in [2.45, 2.75) is 18.4 Å². The number of carboxylic acid groups (broad SMARTS) is 1. The van der Waals surface area contributed by atoms with E-state index in [1.54, 1.807) is 0 Å². The molecule has 2 aliphatic heterocycles. The quantitative estimate of drug-likeness (QED) is 0.713. The minimum absolute atomic E-state index is 0.627. The highest BCUT2D eigenvalue weighted by molar-refractivity contribution is 5.79. The Kier molecular flexibility index (Phi) is 3.47. The third kappa shape index (κ3) is 2.07. The lowest BCUT2D eigenvalue weighted by Gasteiger charge is -2.47. The zero-order chi connectivity index (χ0) is 11.6. The summed E-state index contributed by atoms with van der Waals surface area (Å²) in [5.41, 5.74) is -0.684. The van der Waals surface area contributed by atoms with E-state index in [4.69, 9.17) is 4.74 Å². The number of aliphatic carboxylic acids is 1. The van der Waals surface area contributed by atoms with Gasteiger partial charge in [0, 0.05) is 19.6 Å².